The van der Waals surface area contributed by atoms with Crippen LogP contribution in [0.1, 0.15) is 19.1 Å². The first-order valence-electron chi connectivity index (χ1n) is 5.46. The summed E-state index contributed by atoms with van der Waals surface area (Å²) >= 11 is 6.77. The van der Waals surface area contributed by atoms with Crippen LogP contribution in [0.4, 0.5) is 0 Å². The predicted octanol–water partition coefficient (Wildman–Crippen LogP) is 2.97. The molecule has 1 aromatic rings. The maximum absolute atomic E-state index is 6.01. The third-order valence-electron chi connectivity index (χ3n) is 2.84. The van der Waals surface area contributed by atoms with E-state index < -0.39 is 0 Å². The Bertz CT molecular complexity index is 337. The van der Waals surface area contributed by atoms with Crippen LogP contribution in [0.2, 0.25) is 0 Å². The zero-order valence-electron chi connectivity index (χ0n) is 9.25. The molecule has 2 atom stereocenters. The summed E-state index contributed by atoms with van der Waals surface area (Å²) in [6.45, 7) is 5.14. The fourth-order valence-corrected chi connectivity index (χ4v) is 2.99. The van der Waals surface area contributed by atoms with Gasteiger partial charge in [-0.1, -0.05) is 6.92 Å². The third kappa shape index (κ3) is 3.09. The Labute approximate surface area is 113 Å². The summed E-state index contributed by atoms with van der Waals surface area (Å²) in [5, 5.41) is 0. The molecule has 1 saturated heterocycles. The molecule has 1 aliphatic rings. The van der Waals surface area contributed by atoms with E-state index >= 15 is 0 Å². The third-order valence-corrected chi connectivity index (χ3v) is 4.55. The first-order valence-corrected chi connectivity index (χ1v) is 7.05. The van der Waals surface area contributed by atoms with E-state index in [1.165, 1.54) is 0 Å². The van der Waals surface area contributed by atoms with Crippen LogP contribution >= 0.6 is 31.9 Å². The summed E-state index contributed by atoms with van der Waals surface area (Å²) in [7, 11) is 0. The van der Waals surface area contributed by atoms with Crippen molar-refractivity contribution in [3.05, 3.63) is 21.0 Å². The Hall–Kier alpha value is 0.160. The molecule has 3 nitrogen and oxygen atoms in total. The lowest BCUT2D eigenvalue weighted by atomic mass is 9.96. The summed E-state index contributed by atoms with van der Waals surface area (Å²) in [5.41, 5.74) is 6.01. The minimum atomic E-state index is 0.297. The van der Waals surface area contributed by atoms with E-state index in [0.29, 0.717) is 12.0 Å². The molecule has 2 N–H and O–H groups in total. The van der Waals surface area contributed by atoms with Gasteiger partial charge in [-0.3, -0.25) is 4.90 Å². The molecule has 0 aliphatic carbocycles. The standard InChI is InChI=1S/C11H16Br2N2O/c1-7-2-8(14)5-15(4-7)6-9-3-10(12)11(13)16-9/h3,7-8H,2,4-6,14H2,1H3. The zero-order chi connectivity index (χ0) is 11.7. The van der Waals surface area contributed by atoms with Gasteiger partial charge in [-0.25, -0.2) is 0 Å². The SMILES string of the molecule is CC1CC(N)CN(Cc2cc(Br)c(Br)o2)C1. The Morgan fingerprint density at radius 3 is 2.81 bits per heavy atom. The second kappa shape index (κ2) is 5.21. The maximum atomic E-state index is 6.01. The summed E-state index contributed by atoms with van der Waals surface area (Å²) in [5.74, 6) is 1.64. The van der Waals surface area contributed by atoms with E-state index in [9.17, 15) is 0 Å². The molecule has 0 aromatic carbocycles. The number of likely N-dealkylation sites (tertiary alicyclic amines) is 1. The van der Waals surface area contributed by atoms with Crippen LogP contribution in [0.15, 0.2) is 19.6 Å². The second-order valence-electron chi connectivity index (χ2n) is 4.63. The van der Waals surface area contributed by atoms with Crippen LogP contribution in [0, 0.1) is 5.92 Å². The number of hydrogen-bond acceptors (Lipinski definition) is 3. The van der Waals surface area contributed by atoms with Crippen LogP contribution in [0.3, 0.4) is 0 Å². The topological polar surface area (TPSA) is 42.4 Å². The van der Waals surface area contributed by atoms with Crippen molar-refractivity contribution >= 4 is 31.9 Å². The highest BCUT2D eigenvalue weighted by Crippen LogP contribution is 2.28. The highest BCUT2D eigenvalue weighted by atomic mass is 79.9. The van der Waals surface area contributed by atoms with Crippen LogP contribution in [0.5, 0.6) is 0 Å². The van der Waals surface area contributed by atoms with Gasteiger partial charge in [-0.05, 0) is 50.3 Å². The quantitative estimate of drug-likeness (QED) is 0.890. The van der Waals surface area contributed by atoms with E-state index in [0.717, 1.165) is 41.0 Å². The maximum Gasteiger partial charge on any atom is 0.183 e. The summed E-state index contributed by atoms with van der Waals surface area (Å²) in [4.78, 5) is 2.36. The van der Waals surface area contributed by atoms with Crippen molar-refractivity contribution in [3.63, 3.8) is 0 Å². The summed E-state index contributed by atoms with van der Waals surface area (Å²) in [6.07, 6.45) is 1.13. The van der Waals surface area contributed by atoms with Crippen molar-refractivity contribution in [1.82, 2.24) is 4.90 Å². The molecule has 1 aliphatic heterocycles. The molecular formula is C11H16Br2N2O. The molecule has 0 spiro atoms. The fraction of sp³-hybridized carbons (Fsp3) is 0.636. The summed E-state index contributed by atoms with van der Waals surface area (Å²) in [6, 6.07) is 2.31. The van der Waals surface area contributed by atoms with Crippen LogP contribution in [0.25, 0.3) is 0 Å². The number of piperidine rings is 1. The van der Waals surface area contributed by atoms with Gasteiger partial charge in [-0.2, -0.15) is 0 Å². The Balaban J connectivity index is 1.98. The molecule has 0 radical (unpaired) electrons. The Morgan fingerprint density at radius 1 is 1.50 bits per heavy atom. The van der Waals surface area contributed by atoms with Gasteiger partial charge in [0.25, 0.3) is 0 Å². The molecule has 0 amide bonds. The van der Waals surface area contributed by atoms with Crippen molar-refractivity contribution in [2.45, 2.75) is 25.9 Å². The average Bonchev–Trinajstić information content (AvgIpc) is 2.43. The van der Waals surface area contributed by atoms with Gasteiger partial charge in [0.15, 0.2) is 4.67 Å². The zero-order valence-corrected chi connectivity index (χ0v) is 12.4. The Kier molecular flexibility index (Phi) is 4.11. The van der Waals surface area contributed by atoms with Gasteiger partial charge >= 0.3 is 0 Å². The normalized spacial score (nSPS) is 27.2. The number of nitrogens with two attached hydrogens (primary N) is 1. The van der Waals surface area contributed by atoms with Gasteiger partial charge in [0.05, 0.1) is 11.0 Å². The highest BCUT2D eigenvalue weighted by Gasteiger charge is 2.23. The van der Waals surface area contributed by atoms with Crippen molar-refractivity contribution in [1.29, 1.82) is 0 Å². The van der Waals surface area contributed by atoms with Gasteiger partial charge in [0.2, 0.25) is 0 Å². The molecule has 2 rings (SSSR count). The van der Waals surface area contributed by atoms with Crippen molar-refractivity contribution in [3.8, 4) is 0 Å². The van der Waals surface area contributed by atoms with Crippen LogP contribution < -0.4 is 5.73 Å². The average molecular weight is 352 g/mol. The lowest BCUT2D eigenvalue weighted by Crippen LogP contribution is -2.45. The van der Waals surface area contributed by atoms with E-state index in [-0.39, 0.29) is 0 Å². The second-order valence-corrected chi connectivity index (χ2v) is 6.20. The van der Waals surface area contributed by atoms with Gasteiger partial charge in [0.1, 0.15) is 5.76 Å². The molecule has 2 heterocycles. The summed E-state index contributed by atoms with van der Waals surface area (Å²) < 4.78 is 7.31. The molecule has 90 valence electrons. The molecule has 0 bridgehead atoms. The number of nitrogens with zero attached hydrogens (tertiary/aromatic N) is 1. The highest BCUT2D eigenvalue weighted by molar-refractivity contribution is 9.13. The predicted molar refractivity (Wildman–Crippen MR) is 71.1 cm³/mol. The number of halogens is 2. The molecule has 0 saturated carbocycles. The van der Waals surface area contributed by atoms with E-state index in [4.69, 9.17) is 10.2 Å². The van der Waals surface area contributed by atoms with E-state index in [1.807, 2.05) is 6.07 Å². The van der Waals surface area contributed by atoms with Crippen LogP contribution in [-0.4, -0.2) is 24.0 Å². The Morgan fingerprint density at radius 2 is 2.25 bits per heavy atom. The number of hydrogen-bond donors (Lipinski definition) is 1. The largest absolute Gasteiger partial charge is 0.452 e. The molecule has 16 heavy (non-hydrogen) atoms. The monoisotopic (exact) mass is 350 g/mol. The van der Waals surface area contributed by atoms with Gasteiger partial charge in [-0.15, -0.1) is 0 Å². The van der Waals surface area contributed by atoms with Crippen molar-refractivity contribution in [2.75, 3.05) is 13.1 Å². The van der Waals surface area contributed by atoms with E-state index in [1.54, 1.807) is 0 Å². The molecule has 1 aromatic heterocycles. The molecule has 5 heteroatoms. The fourth-order valence-electron chi connectivity index (χ4n) is 2.33. The van der Waals surface area contributed by atoms with Crippen molar-refractivity contribution in [2.24, 2.45) is 11.7 Å². The van der Waals surface area contributed by atoms with E-state index in [2.05, 4.69) is 43.7 Å². The van der Waals surface area contributed by atoms with Gasteiger partial charge in [0, 0.05) is 19.1 Å². The molecular weight excluding hydrogens is 336 g/mol. The lowest BCUT2D eigenvalue weighted by Gasteiger charge is -2.34. The minimum absolute atomic E-state index is 0.297. The smallest absolute Gasteiger partial charge is 0.183 e. The minimum Gasteiger partial charge on any atom is -0.452 e. The molecule has 2 unspecified atom stereocenters. The first kappa shape index (κ1) is 12.6. The van der Waals surface area contributed by atoms with Crippen molar-refractivity contribution < 1.29 is 4.42 Å². The van der Waals surface area contributed by atoms with Gasteiger partial charge < -0.3 is 10.2 Å². The van der Waals surface area contributed by atoms with Crippen LogP contribution in [-0.2, 0) is 6.54 Å². The molecule has 1 fully saturated rings. The number of furan rings is 1. The number of rotatable bonds is 2. The lowest BCUT2D eigenvalue weighted by molar-refractivity contribution is 0.148. The first-order chi connectivity index (χ1) is 7.54.